The maximum absolute atomic E-state index is 15.2. The number of benzene rings is 2. The fourth-order valence-corrected chi connectivity index (χ4v) is 4.60. The topological polar surface area (TPSA) is 113 Å². The number of aryl methyl sites for hydroxylation is 1. The van der Waals surface area contributed by atoms with Crippen molar-refractivity contribution in [3.8, 4) is 34.3 Å². The normalized spacial score (nSPS) is 11.0. The third-order valence-electron chi connectivity index (χ3n) is 6.69. The SMILES string of the molecule is COc1cc2nccc(Oc3ccc(CC(=O)c4cn(C)c(CO)c(-c5ccc(F)cc5)c4=O)cc3F)c2nc1OC. The molecule has 5 rings (SSSR count). The molecular weight excluding hydrogens is 548 g/mol. The van der Waals surface area contributed by atoms with Crippen LogP contribution < -0.4 is 19.6 Å². The molecule has 0 unspecified atom stereocenters. The summed E-state index contributed by atoms with van der Waals surface area (Å²) in [6.45, 7) is -0.470. The van der Waals surface area contributed by atoms with E-state index in [4.69, 9.17) is 14.2 Å². The summed E-state index contributed by atoms with van der Waals surface area (Å²) in [5.41, 5.74) is 1.04. The molecule has 2 aromatic carbocycles. The van der Waals surface area contributed by atoms with Crippen molar-refractivity contribution in [1.29, 1.82) is 0 Å². The first kappa shape index (κ1) is 28.4. The van der Waals surface area contributed by atoms with Gasteiger partial charge in [-0.2, -0.15) is 0 Å². The summed E-state index contributed by atoms with van der Waals surface area (Å²) in [6.07, 6.45) is 2.55. The zero-order valence-electron chi connectivity index (χ0n) is 22.9. The number of halogens is 2. The number of ketones is 1. The average Bonchev–Trinajstić information content (AvgIpc) is 2.99. The predicted octanol–water partition coefficient (Wildman–Crippen LogP) is 5.00. The Balaban J connectivity index is 1.43. The predicted molar refractivity (Wildman–Crippen MR) is 150 cm³/mol. The minimum absolute atomic E-state index is 0.0909. The van der Waals surface area contributed by atoms with Crippen LogP contribution in [0.4, 0.5) is 8.78 Å². The third-order valence-corrected chi connectivity index (χ3v) is 6.69. The second kappa shape index (κ2) is 11.8. The molecule has 5 aromatic rings. The number of methoxy groups -OCH3 is 2. The smallest absolute Gasteiger partial charge is 0.257 e. The fourth-order valence-electron chi connectivity index (χ4n) is 4.60. The molecule has 1 N–H and O–H groups in total. The van der Waals surface area contributed by atoms with Crippen molar-refractivity contribution in [3.63, 3.8) is 0 Å². The number of nitrogens with zero attached hydrogens (tertiary/aromatic N) is 3. The quantitative estimate of drug-likeness (QED) is 0.245. The van der Waals surface area contributed by atoms with Crippen LogP contribution >= 0.6 is 0 Å². The molecule has 0 bridgehead atoms. The molecule has 0 saturated carbocycles. The molecular formula is C31H25F2N3O6. The number of aromatic nitrogens is 3. The number of hydrogen-bond acceptors (Lipinski definition) is 8. The molecule has 214 valence electrons. The van der Waals surface area contributed by atoms with Crippen LogP contribution in [-0.2, 0) is 20.1 Å². The van der Waals surface area contributed by atoms with E-state index in [2.05, 4.69) is 9.97 Å². The minimum atomic E-state index is -0.735. The Morgan fingerprint density at radius 3 is 2.40 bits per heavy atom. The first-order chi connectivity index (χ1) is 20.2. The lowest BCUT2D eigenvalue weighted by Gasteiger charge is -2.15. The second-order valence-corrected chi connectivity index (χ2v) is 9.31. The van der Waals surface area contributed by atoms with Crippen molar-refractivity contribution < 1.29 is 32.9 Å². The van der Waals surface area contributed by atoms with Crippen molar-refractivity contribution in [3.05, 3.63) is 106 Å². The van der Waals surface area contributed by atoms with Crippen LogP contribution in [-0.4, -0.2) is 39.6 Å². The van der Waals surface area contributed by atoms with Gasteiger partial charge in [-0.1, -0.05) is 18.2 Å². The van der Waals surface area contributed by atoms with Crippen molar-refractivity contribution >= 4 is 16.8 Å². The summed E-state index contributed by atoms with van der Waals surface area (Å²) in [6, 6.07) is 12.4. The molecule has 0 amide bonds. The van der Waals surface area contributed by atoms with Crippen molar-refractivity contribution in [2.45, 2.75) is 13.0 Å². The van der Waals surface area contributed by atoms with Crippen LogP contribution in [0.25, 0.3) is 22.2 Å². The highest BCUT2D eigenvalue weighted by molar-refractivity contribution is 5.98. The van der Waals surface area contributed by atoms with Crippen molar-refractivity contribution in [2.24, 2.45) is 7.05 Å². The van der Waals surface area contributed by atoms with Crippen LogP contribution in [0.1, 0.15) is 21.6 Å². The van der Waals surface area contributed by atoms with Crippen LogP contribution in [0.3, 0.4) is 0 Å². The first-order valence-corrected chi connectivity index (χ1v) is 12.7. The summed E-state index contributed by atoms with van der Waals surface area (Å²) < 4.78 is 46.4. The van der Waals surface area contributed by atoms with Gasteiger partial charge in [-0.05, 0) is 35.4 Å². The van der Waals surface area contributed by atoms with E-state index in [9.17, 15) is 19.1 Å². The molecule has 0 saturated heterocycles. The molecule has 0 aliphatic rings. The number of aliphatic hydroxyl groups is 1. The van der Waals surface area contributed by atoms with Crippen molar-refractivity contribution in [1.82, 2.24) is 14.5 Å². The zero-order chi connectivity index (χ0) is 30.0. The number of ether oxygens (including phenoxy) is 3. The highest BCUT2D eigenvalue weighted by Crippen LogP contribution is 2.34. The van der Waals surface area contributed by atoms with E-state index in [-0.39, 0.29) is 40.6 Å². The lowest BCUT2D eigenvalue weighted by atomic mass is 9.97. The molecule has 0 spiro atoms. The largest absolute Gasteiger partial charge is 0.491 e. The molecule has 0 atom stereocenters. The Morgan fingerprint density at radius 1 is 0.976 bits per heavy atom. The van der Waals surface area contributed by atoms with Crippen LogP contribution in [0.2, 0.25) is 0 Å². The second-order valence-electron chi connectivity index (χ2n) is 9.31. The highest BCUT2D eigenvalue weighted by Gasteiger charge is 2.21. The Morgan fingerprint density at radius 2 is 1.74 bits per heavy atom. The van der Waals surface area contributed by atoms with Gasteiger partial charge in [0, 0.05) is 38.0 Å². The molecule has 11 heteroatoms. The Labute approximate surface area is 238 Å². The molecule has 0 aliphatic carbocycles. The monoisotopic (exact) mass is 573 g/mol. The summed E-state index contributed by atoms with van der Waals surface area (Å²) >= 11 is 0. The number of pyridine rings is 3. The number of aliphatic hydroxyl groups excluding tert-OH is 1. The number of carbonyl (C=O) groups is 1. The zero-order valence-corrected chi connectivity index (χ0v) is 22.9. The number of carbonyl (C=O) groups excluding carboxylic acids is 1. The van der Waals surface area contributed by atoms with Gasteiger partial charge in [0.1, 0.15) is 11.3 Å². The Hall–Kier alpha value is -5.16. The third kappa shape index (κ3) is 5.41. The number of Topliss-reactive ketones (excluding diaryl/α,β-unsaturated/α-hetero) is 1. The standard InChI is InChI=1S/C31H25F2N3O6/c1-36-15-20(30(39)28(23(36)16-37)18-5-7-19(32)8-6-18)24(38)13-17-4-9-25(21(33)12-17)42-26-10-11-34-22-14-27(40-2)31(41-3)35-29(22)26/h4-12,14-15,37H,13,16H2,1-3H3. The van der Waals surface area contributed by atoms with Gasteiger partial charge in [-0.15, -0.1) is 0 Å². The minimum Gasteiger partial charge on any atom is -0.491 e. The van der Waals surface area contributed by atoms with Crippen LogP contribution in [0, 0.1) is 11.6 Å². The van der Waals surface area contributed by atoms with Crippen LogP contribution in [0.15, 0.2) is 71.8 Å². The van der Waals surface area contributed by atoms with E-state index in [1.54, 1.807) is 13.1 Å². The molecule has 0 radical (unpaired) electrons. The molecule has 9 nitrogen and oxygen atoms in total. The van der Waals surface area contributed by atoms with E-state index in [1.807, 2.05) is 0 Å². The maximum Gasteiger partial charge on any atom is 0.257 e. The van der Waals surface area contributed by atoms with Gasteiger partial charge >= 0.3 is 0 Å². The van der Waals surface area contributed by atoms with Gasteiger partial charge in [0.2, 0.25) is 5.43 Å². The first-order valence-electron chi connectivity index (χ1n) is 12.7. The van der Waals surface area contributed by atoms with Gasteiger partial charge in [0.25, 0.3) is 5.88 Å². The van der Waals surface area contributed by atoms with E-state index in [1.165, 1.54) is 73.6 Å². The highest BCUT2D eigenvalue weighted by atomic mass is 19.1. The molecule has 42 heavy (non-hydrogen) atoms. The lowest BCUT2D eigenvalue weighted by Crippen LogP contribution is -2.23. The lowest BCUT2D eigenvalue weighted by molar-refractivity contribution is 0.0991. The number of hydrogen-bond donors (Lipinski definition) is 1. The van der Waals surface area contributed by atoms with Gasteiger partial charge in [-0.3, -0.25) is 14.6 Å². The summed E-state index contributed by atoms with van der Waals surface area (Å²) in [7, 11) is 4.50. The van der Waals surface area contributed by atoms with Gasteiger partial charge in [0.05, 0.1) is 43.2 Å². The summed E-state index contributed by atoms with van der Waals surface area (Å²) in [5, 5.41) is 9.88. The summed E-state index contributed by atoms with van der Waals surface area (Å²) in [5.74, 6) is -1.08. The van der Waals surface area contributed by atoms with Gasteiger partial charge in [0.15, 0.2) is 28.8 Å². The van der Waals surface area contributed by atoms with Gasteiger partial charge in [-0.25, -0.2) is 13.8 Å². The average molecular weight is 574 g/mol. The molecule has 3 aromatic heterocycles. The number of fused-ring (bicyclic) bond motifs is 1. The Bertz CT molecular complexity index is 1870. The van der Waals surface area contributed by atoms with E-state index >= 15 is 4.39 Å². The van der Waals surface area contributed by atoms with E-state index < -0.39 is 29.5 Å². The van der Waals surface area contributed by atoms with E-state index in [0.717, 1.165) is 6.07 Å². The van der Waals surface area contributed by atoms with Crippen molar-refractivity contribution in [2.75, 3.05) is 14.2 Å². The fraction of sp³-hybridized carbons (Fsp3) is 0.161. The molecule has 0 fully saturated rings. The molecule has 3 heterocycles. The Kier molecular flexibility index (Phi) is 7.94. The van der Waals surface area contributed by atoms with Crippen LogP contribution in [0.5, 0.6) is 23.1 Å². The maximum atomic E-state index is 15.2. The molecule has 0 aliphatic heterocycles. The van der Waals surface area contributed by atoms with Gasteiger partial charge < -0.3 is 23.9 Å². The van der Waals surface area contributed by atoms with E-state index in [0.29, 0.717) is 27.9 Å². The number of rotatable bonds is 9. The summed E-state index contributed by atoms with van der Waals surface area (Å²) in [4.78, 5) is 35.2.